The van der Waals surface area contributed by atoms with Crippen LogP contribution in [-0.4, -0.2) is 13.1 Å². The van der Waals surface area contributed by atoms with Gasteiger partial charge in [-0.25, -0.2) is 4.39 Å². The minimum absolute atomic E-state index is 0.163. The Balaban J connectivity index is 2.95. The first kappa shape index (κ1) is 11.2. The highest BCUT2D eigenvalue weighted by atomic mass is 79.9. The molecule has 0 aromatic heterocycles. The number of halogens is 2. The summed E-state index contributed by atoms with van der Waals surface area (Å²) in [5, 5.41) is 0. The third-order valence-corrected chi connectivity index (χ3v) is 2.42. The van der Waals surface area contributed by atoms with Gasteiger partial charge in [-0.3, -0.25) is 4.79 Å². The first-order valence-corrected chi connectivity index (χ1v) is 4.85. The number of carbonyl (C=O) groups is 1. The molecule has 76 valence electrons. The monoisotopic (exact) mass is 260 g/mol. The second-order valence-electron chi connectivity index (χ2n) is 2.96. The summed E-state index contributed by atoms with van der Waals surface area (Å²) < 4.78 is 18.1. The number of carbonyl (C=O) groups excluding carboxylic acids is 1. The van der Waals surface area contributed by atoms with E-state index in [1.807, 2.05) is 0 Å². The summed E-state index contributed by atoms with van der Waals surface area (Å²) in [5.41, 5.74) is 1.25. The van der Waals surface area contributed by atoms with Crippen molar-refractivity contribution < 1.29 is 13.9 Å². The number of ether oxygens (including phenoxy) is 1. The molecule has 0 heterocycles. The Kier molecular flexibility index (Phi) is 3.63. The average Bonchev–Trinajstić information content (AvgIpc) is 2.14. The molecule has 0 aliphatic rings. The molecule has 0 aliphatic carbocycles. The van der Waals surface area contributed by atoms with Gasteiger partial charge in [0.2, 0.25) is 0 Å². The van der Waals surface area contributed by atoms with Crippen LogP contribution in [0.2, 0.25) is 0 Å². The number of aryl methyl sites for hydroxylation is 1. The molecule has 0 saturated carbocycles. The van der Waals surface area contributed by atoms with Crippen LogP contribution in [-0.2, 0) is 16.0 Å². The van der Waals surface area contributed by atoms with Crippen LogP contribution in [0.3, 0.4) is 0 Å². The van der Waals surface area contributed by atoms with Gasteiger partial charge in [0.05, 0.1) is 18.0 Å². The van der Waals surface area contributed by atoms with Gasteiger partial charge < -0.3 is 4.74 Å². The van der Waals surface area contributed by atoms with Crippen molar-refractivity contribution in [2.24, 2.45) is 0 Å². The first-order chi connectivity index (χ1) is 6.54. The van der Waals surface area contributed by atoms with Gasteiger partial charge in [-0.15, -0.1) is 0 Å². The first-order valence-electron chi connectivity index (χ1n) is 4.06. The molecule has 0 saturated heterocycles. The molecule has 0 N–H and O–H groups in total. The van der Waals surface area contributed by atoms with Crippen LogP contribution in [0.25, 0.3) is 0 Å². The lowest BCUT2D eigenvalue weighted by atomic mass is 10.1. The van der Waals surface area contributed by atoms with E-state index in [4.69, 9.17) is 0 Å². The van der Waals surface area contributed by atoms with Gasteiger partial charge in [-0.05, 0) is 40.0 Å². The minimum atomic E-state index is -0.331. The van der Waals surface area contributed by atoms with Crippen LogP contribution >= 0.6 is 15.9 Å². The summed E-state index contributed by atoms with van der Waals surface area (Å²) in [5.74, 6) is -0.624. The van der Waals surface area contributed by atoms with Gasteiger partial charge in [-0.1, -0.05) is 6.07 Å². The van der Waals surface area contributed by atoms with Crippen molar-refractivity contribution in [3.63, 3.8) is 0 Å². The van der Waals surface area contributed by atoms with E-state index >= 15 is 0 Å². The molecule has 2 nitrogen and oxygen atoms in total. The maximum Gasteiger partial charge on any atom is 0.309 e. The van der Waals surface area contributed by atoms with Gasteiger partial charge in [0.15, 0.2) is 0 Å². The SMILES string of the molecule is COC(=O)Cc1cc(C)c(F)c(Br)c1. The van der Waals surface area contributed by atoms with E-state index in [0.717, 1.165) is 5.56 Å². The Hall–Kier alpha value is -0.900. The van der Waals surface area contributed by atoms with E-state index in [1.165, 1.54) is 7.11 Å². The Morgan fingerprint density at radius 2 is 2.21 bits per heavy atom. The third kappa shape index (κ3) is 2.54. The Bertz CT molecular complexity index is 340. The molecule has 1 aromatic rings. The van der Waals surface area contributed by atoms with E-state index in [0.29, 0.717) is 10.0 Å². The molecule has 4 heteroatoms. The van der Waals surface area contributed by atoms with Crippen molar-refractivity contribution in [3.05, 3.63) is 33.5 Å². The number of methoxy groups -OCH3 is 1. The van der Waals surface area contributed by atoms with Gasteiger partial charge in [0, 0.05) is 0 Å². The molecule has 1 aromatic carbocycles. The highest BCUT2D eigenvalue weighted by Gasteiger charge is 2.08. The molecule has 0 aliphatic heterocycles. The van der Waals surface area contributed by atoms with Crippen molar-refractivity contribution >= 4 is 21.9 Å². The highest BCUT2D eigenvalue weighted by Crippen LogP contribution is 2.21. The number of esters is 1. The zero-order valence-corrected chi connectivity index (χ0v) is 9.52. The summed E-state index contributed by atoms with van der Waals surface area (Å²) in [6, 6.07) is 3.22. The van der Waals surface area contributed by atoms with E-state index < -0.39 is 0 Å². The zero-order valence-electron chi connectivity index (χ0n) is 7.93. The standard InChI is InChI=1S/C10H10BrFO2/c1-6-3-7(5-9(13)14-2)4-8(11)10(6)12/h3-4H,5H2,1-2H3. The summed E-state index contributed by atoms with van der Waals surface area (Å²) in [7, 11) is 1.33. The lowest BCUT2D eigenvalue weighted by molar-refractivity contribution is -0.139. The summed E-state index contributed by atoms with van der Waals surface area (Å²) in [4.78, 5) is 11.0. The fourth-order valence-electron chi connectivity index (χ4n) is 1.14. The molecule has 1 rings (SSSR count). The molecule has 0 radical (unpaired) electrons. The topological polar surface area (TPSA) is 26.3 Å². The fourth-order valence-corrected chi connectivity index (χ4v) is 1.75. The number of hydrogen-bond acceptors (Lipinski definition) is 2. The van der Waals surface area contributed by atoms with Crippen molar-refractivity contribution in [2.45, 2.75) is 13.3 Å². The zero-order chi connectivity index (χ0) is 10.7. The number of hydrogen-bond donors (Lipinski definition) is 0. The predicted octanol–water partition coefficient (Wildman–Crippen LogP) is 2.61. The molecule has 0 amide bonds. The van der Waals surface area contributed by atoms with E-state index in [-0.39, 0.29) is 18.2 Å². The van der Waals surface area contributed by atoms with Crippen LogP contribution < -0.4 is 0 Å². The maximum absolute atomic E-state index is 13.2. The van der Waals surface area contributed by atoms with Crippen LogP contribution in [0, 0.1) is 12.7 Å². The van der Waals surface area contributed by atoms with Crippen molar-refractivity contribution in [2.75, 3.05) is 7.11 Å². The van der Waals surface area contributed by atoms with Gasteiger partial charge >= 0.3 is 5.97 Å². The smallest absolute Gasteiger partial charge is 0.309 e. The van der Waals surface area contributed by atoms with Crippen molar-refractivity contribution in [1.82, 2.24) is 0 Å². The molecule has 14 heavy (non-hydrogen) atoms. The maximum atomic E-state index is 13.2. The number of rotatable bonds is 2. The second kappa shape index (κ2) is 4.55. The lowest BCUT2D eigenvalue weighted by Gasteiger charge is -2.04. The molecule has 0 spiro atoms. The highest BCUT2D eigenvalue weighted by molar-refractivity contribution is 9.10. The van der Waals surface area contributed by atoms with E-state index in [1.54, 1.807) is 19.1 Å². The van der Waals surface area contributed by atoms with Crippen LogP contribution in [0.4, 0.5) is 4.39 Å². The van der Waals surface area contributed by atoms with Crippen molar-refractivity contribution in [1.29, 1.82) is 0 Å². The van der Waals surface area contributed by atoms with Gasteiger partial charge in [0.1, 0.15) is 5.82 Å². The Morgan fingerprint density at radius 1 is 1.57 bits per heavy atom. The Morgan fingerprint density at radius 3 is 2.71 bits per heavy atom. The quantitative estimate of drug-likeness (QED) is 0.765. The average molecular weight is 261 g/mol. The molecule has 0 atom stereocenters. The van der Waals surface area contributed by atoms with Gasteiger partial charge in [0.25, 0.3) is 0 Å². The molecular weight excluding hydrogens is 251 g/mol. The van der Waals surface area contributed by atoms with Crippen molar-refractivity contribution in [3.8, 4) is 0 Å². The summed E-state index contributed by atoms with van der Waals surface area (Å²) in [6.45, 7) is 1.65. The number of benzene rings is 1. The largest absolute Gasteiger partial charge is 0.469 e. The predicted molar refractivity (Wildman–Crippen MR) is 54.6 cm³/mol. The molecular formula is C10H10BrFO2. The Labute approximate surface area is 90.2 Å². The summed E-state index contributed by atoms with van der Waals surface area (Å²) >= 11 is 3.08. The summed E-state index contributed by atoms with van der Waals surface area (Å²) in [6.07, 6.45) is 0.163. The van der Waals surface area contributed by atoms with E-state index in [9.17, 15) is 9.18 Å². The fraction of sp³-hybridized carbons (Fsp3) is 0.300. The van der Waals surface area contributed by atoms with Crippen LogP contribution in [0.5, 0.6) is 0 Å². The normalized spacial score (nSPS) is 10.0. The molecule has 0 fully saturated rings. The van der Waals surface area contributed by atoms with E-state index in [2.05, 4.69) is 20.7 Å². The third-order valence-electron chi connectivity index (χ3n) is 1.85. The van der Waals surface area contributed by atoms with Gasteiger partial charge in [-0.2, -0.15) is 0 Å². The molecule has 0 bridgehead atoms. The molecule has 0 unspecified atom stereocenters. The second-order valence-corrected chi connectivity index (χ2v) is 3.82. The van der Waals surface area contributed by atoms with Crippen LogP contribution in [0.1, 0.15) is 11.1 Å². The minimum Gasteiger partial charge on any atom is -0.469 e. The lowest BCUT2D eigenvalue weighted by Crippen LogP contribution is -2.05. The van der Waals surface area contributed by atoms with Crippen LogP contribution in [0.15, 0.2) is 16.6 Å².